The van der Waals surface area contributed by atoms with Crippen LogP contribution in [0.1, 0.15) is 31.4 Å². The average Bonchev–Trinajstić information content (AvgIpc) is 2.69. The van der Waals surface area contributed by atoms with Crippen molar-refractivity contribution in [2.75, 3.05) is 20.3 Å². The van der Waals surface area contributed by atoms with Crippen molar-refractivity contribution < 1.29 is 19.0 Å². The van der Waals surface area contributed by atoms with E-state index >= 15 is 0 Å². The zero-order valence-electron chi connectivity index (χ0n) is 16.3. The van der Waals surface area contributed by atoms with Crippen LogP contribution >= 0.6 is 15.9 Å². The van der Waals surface area contributed by atoms with Gasteiger partial charge in [-0.05, 0) is 59.1 Å². The van der Waals surface area contributed by atoms with E-state index in [0.29, 0.717) is 29.4 Å². The maximum Gasteiger partial charge on any atom is 0.277 e. The highest BCUT2D eigenvalue weighted by molar-refractivity contribution is 9.10. The summed E-state index contributed by atoms with van der Waals surface area (Å²) in [6.45, 7) is 4.37. The number of hydrogen-bond donors (Lipinski definition) is 1. The molecule has 2 aromatic carbocycles. The Morgan fingerprint density at radius 3 is 2.68 bits per heavy atom. The number of amides is 1. The number of nitrogens with one attached hydrogen (secondary N) is 1. The Bertz CT molecular complexity index is 824. The van der Waals surface area contributed by atoms with Gasteiger partial charge in [-0.25, -0.2) is 5.43 Å². The summed E-state index contributed by atoms with van der Waals surface area (Å²) in [5.74, 6) is 1.45. The molecule has 2 rings (SSSR count). The second kappa shape index (κ2) is 11.3. The zero-order chi connectivity index (χ0) is 20.4. The van der Waals surface area contributed by atoms with Crippen LogP contribution in [0.15, 0.2) is 46.0 Å². The number of carbonyl (C=O) groups is 1. The third-order valence-corrected chi connectivity index (χ3v) is 4.42. The minimum atomic E-state index is -0.360. The number of benzene rings is 2. The van der Waals surface area contributed by atoms with E-state index in [2.05, 4.69) is 33.4 Å². The number of hydrazone groups is 1. The van der Waals surface area contributed by atoms with E-state index in [4.69, 9.17) is 14.2 Å². The zero-order valence-corrected chi connectivity index (χ0v) is 17.9. The molecule has 0 spiro atoms. The number of para-hydroxylation sites is 1. The van der Waals surface area contributed by atoms with Crippen LogP contribution in [0.4, 0.5) is 0 Å². The number of nitrogens with zero attached hydrogens (tertiary/aromatic N) is 1. The van der Waals surface area contributed by atoms with Crippen molar-refractivity contribution in [3.8, 4) is 17.2 Å². The lowest BCUT2D eigenvalue weighted by Gasteiger charge is -2.11. The fourth-order valence-electron chi connectivity index (χ4n) is 2.55. The minimum Gasteiger partial charge on any atom is -0.493 e. The summed E-state index contributed by atoms with van der Waals surface area (Å²) in [6, 6.07) is 11.3. The van der Waals surface area contributed by atoms with Crippen LogP contribution in [0.3, 0.4) is 0 Å². The van der Waals surface area contributed by atoms with Crippen molar-refractivity contribution in [1.29, 1.82) is 0 Å². The standard InChI is InChI=1S/C21H25BrN2O4/c1-4-7-15-10-11-18(17(22)12-15)28-14-20(25)24-23-13-16-8-6-9-19(26-3)21(16)27-5-2/h6,8-13H,4-5,7,14H2,1-3H3,(H,24,25)/b23-13+. The fraction of sp³-hybridized carbons (Fsp3) is 0.333. The van der Waals surface area contributed by atoms with Crippen LogP contribution in [0.25, 0.3) is 0 Å². The number of carbonyl (C=O) groups excluding carboxylic acids is 1. The van der Waals surface area contributed by atoms with Gasteiger partial charge in [-0.3, -0.25) is 4.79 Å². The molecule has 0 aliphatic rings. The summed E-state index contributed by atoms with van der Waals surface area (Å²) in [4.78, 5) is 12.0. The molecule has 0 aromatic heterocycles. The van der Waals surface area contributed by atoms with Gasteiger partial charge in [0.2, 0.25) is 0 Å². The van der Waals surface area contributed by atoms with Crippen molar-refractivity contribution >= 4 is 28.1 Å². The third kappa shape index (κ3) is 6.27. The number of hydrogen-bond acceptors (Lipinski definition) is 5. The van der Waals surface area contributed by atoms with Crippen molar-refractivity contribution in [1.82, 2.24) is 5.43 Å². The molecule has 0 aliphatic carbocycles. The second-order valence-electron chi connectivity index (χ2n) is 5.91. The van der Waals surface area contributed by atoms with Crippen molar-refractivity contribution in [3.05, 3.63) is 52.0 Å². The molecular weight excluding hydrogens is 424 g/mol. The number of ether oxygens (including phenoxy) is 3. The van der Waals surface area contributed by atoms with Crippen molar-refractivity contribution in [2.24, 2.45) is 5.10 Å². The Kier molecular flexibility index (Phi) is 8.81. The van der Waals surface area contributed by atoms with Gasteiger partial charge in [0.1, 0.15) is 5.75 Å². The van der Waals surface area contributed by atoms with Gasteiger partial charge in [0.25, 0.3) is 5.91 Å². The Morgan fingerprint density at radius 1 is 1.18 bits per heavy atom. The lowest BCUT2D eigenvalue weighted by atomic mass is 10.1. The van der Waals surface area contributed by atoms with E-state index in [1.165, 1.54) is 11.8 Å². The normalized spacial score (nSPS) is 10.7. The summed E-state index contributed by atoms with van der Waals surface area (Å²) in [5, 5.41) is 3.98. The molecule has 0 atom stereocenters. The lowest BCUT2D eigenvalue weighted by molar-refractivity contribution is -0.123. The van der Waals surface area contributed by atoms with E-state index in [-0.39, 0.29) is 12.5 Å². The molecule has 0 radical (unpaired) electrons. The van der Waals surface area contributed by atoms with Gasteiger partial charge in [-0.1, -0.05) is 25.5 Å². The highest BCUT2D eigenvalue weighted by Crippen LogP contribution is 2.30. The number of rotatable bonds is 10. The molecule has 150 valence electrons. The molecule has 0 saturated carbocycles. The fourth-order valence-corrected chi connectivity index (χ4v) is 3.09. The van der Waals surface area contributed by atoms with Gasteiger partial charge in [0, 0.05) is 5.56 Å². The summed E-state index contributed by atoms with van der Waals surface area (Å²) in [7, 11) is 1.57. The molecule has 0 bridgehead atoms. The van der Waals surface area contributed by atoms with Gasteiger partial charge in [-0.2, -0.15) is 5.10 Å². The van der Waals surface area contributed by atoms with Gasteiger partial charge in [-0.15, -0.1) is 0 Å². The molecule has 28 heavy (non-hydrogen) atoms. The summed E-state index contributed by atoms with van der Waals surface area (Å²) in [5.41, 5.74) is 4.38. The monoisotopic (exact) mass is 448 g/mol. The van der Waals surface area contributed by atoms with Gasteiger partial charge in [0.15, 0.2) is 18.1 Å². The van der Waals surface area contributed by atoms with Gasteiger partial charge < -0.3 is 14.2 Å². The summed E-state index contributed by atoms with van der Waals surface area (Å²) < 4.78 is 17.3. The van der Waals surface area contributed by atoms with Crippen LogP contribution in [0, 0.1) is 0 Å². The summed E-state index contributed by atoms with van der Waals surface area (Å²) in [6.07, 6.45) is 3.59. The molecule has 1 N–H and O–H groups in total. The Hall–Kier alpha value is -2.54. The second-order valence-corrected chi connectivity index (χ2v) is 6.76. The van der Waals surface area contributed by atoms with E-state index in [1.807, 2.05) is 37.3 Å². The van der Waals surface area contributed by atoms with E-state index < -0.39 is 0 Å². The van der Waals surface area contributed by atoms with Crippen LogP contribution in [0.5, 0.6) is 17.2 Å². The predicted octanol–water partition coefficient (Wildman–Crippen LogP) is 4.34. The molecule has 0 fully saturated rings. The van der Waals surface area contributed by atoms with E-state index in [1.54, 1.807) is 13.2 Å². The Labute approximate surface area is 174 Å². The van der Waals surface area contributed by atoms with Crippen molar-refractivity contribution in [2.45, 2.75) is 26.7 Å². The Balaban J connectivity index is 1.92. The van der Waals surface area contributed by atoms with Gasteiger partial charge in [0.05, 0.1) is 24.4 Å². The highest BCUT2D eigenvalue weighted by Gasteiger charge is 2.09. The molecule has 0 heterocycles. The number of aryl methyl sites for hydroxylation is 1. The van der Waals surface area contributed by atoms with Gasteiger partial charge >= 0.3 is 0 Å². The SMILES string of the molecule is CCCc1ccc(OCC(=O)N/N=C/c2cccc(OC)c2OCC)c(Br)c1. The van der Waals surface area contributed by atoms with E-state index in [9.17, 15) is 4.79 Å². The quantitative estimate of drug-likeness (QED) is 0.433. The van der Waals surface area contributed by atoms with E-state index in [0.717, 1.165) is 17.3 Å². The summed E-state index contributed by atoms with van der Waals surface area (Å²) >= 11 is 3.47. The molecule has 2 aromatic rings. The predicted molar refractivity (Wildman–Crippen MR) is 114 cm³/mol. The third-order valence-electron chi connectivity index (χ3n) is 3.80. The molecule has 0 saturated heterocycles. The molecule has 0 unspecified atom stereocenters. The number of methoxy groups -OCH3 is 1. The first-order valence-corrected chi connectivity index (χ1v) is 9.91. The molecular formula is C21H25BrN2O4. The van der Waals surface area contributed by atoms with Crippen LogP contribution in [-0.2, 0) is 11.2 Å². The maximum absolute atomic E-state index is 12.0. The average molecular weight is 449 g/mol. The van der Waals surface area contributed by atoms with Crippen LogP contribution in [0.2, 0.25) is 0 Å². The lowest BCUT2D eigenvalue weighted by Crippen LogP contribution is -2.24. The maximum atomic E-state index is 12.0. The largest absolute Gasteiger partial charge is 0.493 e. The van der Waals surface area contributed by atoms with Crippen LogP contribution in [-0.4, -0.2) is 32.4 Å². The molecule has 7 heteroatoms. The smallest absolute Gasteiger partial charge is 0.277 e. The Morgan fingerprint density at radius 2 is 2.00 bits per heavy atom. The number of halogens is 1. The molecule has 0 aliphatic heterocycles. The topological polar surface area (TPSA) is 69.2 Å². The first-order valence-electron chi connectivity index (χ1n) is 9.11. The van der Waals surface area contributed by atoms with Crippen molar-refractivity contribution in [3.63, 3.8) is 0 Å². The highest BCUT2D eigenvalue weighted by atomic mass is 79.9. The minimum absolute atomic E-state index is 0.139. The first kappa shape index (κ1) is 21.8. The first-order chi connectivity index (χ1) is 13.6. The van der Waals surface area contributed by atoms with Crippen LogP contribution < -0.4 is 19.6 Å². The molecule has 6 nitrogen and oxygen atoms in total. The molecule has 1 amide bonds.